The van der Waals surface area contributed by atoms with Gasteiger partial charge in [-0.15, -0.1) is 6.58 Å². The smallest absolute Gasteiger partial charge is 0.255 e. The lowest BCUT2D eigenvalue weighted by atomic mass is 10.2. The summed E-state index contributed by atoms with van der Waals surface area (Å²) >= 11 is 0. The number of carbonyl (C=O) groups is 1. The van der Waals surface area contributed by atoms with E-state index in [1.807, 2.05) is 0 Å². The number of carbonyl (C=O) groups excluding carboxylic acids is 1. The molecule has 0 aliphatic rings. The summed E-state index contributed by atoms with van der Waals surface area (Å²) in [5.74, 6) is -1.19. The van der Waals surface area contributed by atoms with Gasteiger partial charge in [0.2, 0.25) is 5.95 Å². The number of pyridine rings is 1. The molecule has 74 valence electrons. The molecule has 0 saturated carbocycles. The van der Waals surface area contributed by atoms with Crippen LogP contribution in [0.5, 0.6) is 0 Å². The van der Waals surface area contributed by atoms with Gasteiger partial charge in [-0.1, -0.05) is 6.08 Å². The number of nitrogens with zero attached hydrogens (tertiary/aromatic N) is 1. The Hall–Kier alpha value is -1.71. The molecule has 14 heavy (non-hydrogen) atoms. The van der Waals surface area contributed by atoms with Crippen molar-refractivity contribution < 1.29 is 9.18 Å². The summed E-state index contributed by atoms with van der Waals surface area (Å²) in [5, 5.41) is 2.55. The number of amides is 1. The Bertz CT molecular complexity index is 339. The molecule has 3 nitrogen and oxygen atoms in total. The van der Waals surface area contributed by atoms with Crippen molar-refractivity contribution in [1.29, 1.82) is 0 Å². The molecule has 1 aromatic heterocycles. The Kier molecular flexibility index (Phi) is 3.79. The summed E-state index contributed by atoms with van der Waals surface area (Å²) in [6.07, 6.45) is 3.64. The van der Waals surface area contributed by atoms with Gasteiger partial charge < -0.3 is 5.32 Å². The van der Waals surface area contributed by atoms with Crippen molar-refractivity contribution in [2.75, 3.05) is 6.54 Å². The first kappa shape index (κ1) is 10.4. The van der Waals surface area contributed by atoms with Crippen LogP contribution >= 0.6 is 0 Å². The Morgan fingerprint density at radius 2 is 2.50 bits per heavy atom. The van der Waals surface area contributed by atoms with Crippen molar-refractivity contribution in [3.63, 3.8) is 0 Å². The highest BCUT2D eigenvalue weighted by Gasteiger charge is 2.10. The van der Waals surface area contributed by atoms with Crippen molar-refractivity contribution in [2.24, 2.45) is 0 Å². The lowest BCUT2D eigenvalue weighted by molar-refractivity contribution is 0.0949. The highest BCUT2D eigenvalue weighted by atomic mass is 19.1. The number of hydrogen-bond donors (Lipinski definition) is 1. The molecule has 0 unspecified atom stereocenters. The standard InChI is InChI=1S/C10H11FN2O/c1-2-3-6-13-10(14)8-5-4-7-12-9(8)11/h2,4-5,7H,1,3,6H2,(H,13,14). The van der Waals surface area contributed by atoms with E-state index in [2.05, 4.69) is 16.9 Å². The van der Waals surface area contributed by atoms with Crippen molar-refractivity contribution in [2.45, 2.75) is 6.42 Å². The fourth-order valence-electron chi connectivity index (χ4n) is 0.938. The van der Waals surface area contributed by atoms with Crippen molar-refractivity contribution in [1.82, 2.24) is 10.3 Å². The van der Waals surface area contributed by atoms with Crippen molar-refractivity contribution in [3.05, 3.63) is 42.5 Å². The summed E-state index contributed by atoms with van der Waals surface area (Å²) in [6.45, 7) is 3.97. The predicted molar refractivity (Wildman–Crippen MR) is 51.3 cm³/mol. The van der Waals surface area contributed by atoms with Gasteiger partial charge in [-0.25, -0.2) is 4.98 Å². The van der Waals surface area contributed by atoms with E-state index in [1.54, 1.807) is 6.08 Å². The summed E-state index contributed by atoms with van der Waals surface area (Å²) in [5.41, 5.74) is -0.0310. The van der Waals surface area contributed by atoms with Gasteiger partial charge in [-0.3, -0.25) is 4.79 Å². The van der Waals surface area contributed by atoms with Gasteiger partial charge in [-0.05, 0) is 18.6 Å². The van der Waals surface area contributed by atoms with Crippen LogP contribution in [-0.2, 0) is 0 Å². The number of nitrogens with one attached hydrogen (secondary N) is 1. The van der Waals surface area contributed by atoms with E-state index in [9.17, 15) is 9.18 Å². The van der Waals surface area contributed by atoms with Crippen LogP contribution < -0.4 is 5.32 Å². The molecule has 0 saturated heterocycles. The number of hydrogen-bond acceptors (Lipinski definition) is 2. The molecule has 0 fully saturated rings. The average molecular weight is 194 g/mol. The molecule has 0 atom stereocenters. The third-order valence-corrected chi connectivity index (χ3v) is 1.64. The van der Waals surface area contributed by atoms with E-state index < -0.39 is 11.9 Å². The van der Waals surface area contributed by atoms with Gasteiger partial charge in [0, 0.05) is 12.7 Å². The zero-order valence-electron chi connectivity index (χ0n) is 7.66. The molecular formula is C10H11FN2O. The van der Waals surface area contributed by atoms with Crippen LogP contribution in [0.25, 0.3) is 0 Å². The topological polar surface area (TPSA) is 42.0 Å². The predicted octanol–water partition coefficient (Wildman–Crippen LogP) is 1.53. The molecule has 0 aliphatic heterocycles. The molecule has 0 radical (unpaired) electrons. The highest BCUT2D eigenvalue weighted by molar-refractivity contribution is 5.94. The lowest BCUT2D eigenvalue weighted by Gasteiger charge is -2.03. The van der Waals surface area contributed by atoms with E-state index in [0.29, 0.717) is 13.0 Å². The fourth-order valence-corrected chi connectivity index (χ4v) is 0.938. The Labute approximate surface area is 81.7 Å². The van der Waals surface area contributed by atoms with E-state index in [0.717, 1.165) is 0 Å². The molecule has 1 aromatic rings. The van der Waals surface area contributed by atoms with E-state index in [4.69, 9.17) is 0 Å². The van der Waals surface area contributed by atoms with Crippen LogP contribution in [-0.4, -0.2) is 17.4 Å². The van der Waals surface area contributed by atoms with Gasteiger partial charge in [0.15, 0.2) is 0 Å². The average Bonchev–Trinajstić information content (AvgIpc) is 2.18. The van der Waals surface area contributed by atoms with E-state index in [1.165, 1.54) is 18.3 Å². The van der Waals surface area contributed by atoms with Gasteiger partial charge in [-0.2, -0.15) is 4.39 Å². The Morgan fingerprint density at radius 3 is 3.14 bits per heavy atom. The van der Waals surface area contributed by atoms with Crippen LogP contribution in [0.4, 0.5) is 4.39 Å². The maximum atomic E-state index is 13.0. The van der Waals surface area contributed by atoms with Crippen LogP contribution in [0.15, 0.2) is 31.0 Å². The molecular weight excluding hydrogens is 183 g/mol. The van der Waals surface area contributed by atoms with Crippen LogP contribution in [0.2, 0.25) is 0 Å². The molecule has 0 bridgehead atoms. The molecule has 1 rings (SSSR count). The molecule has 1 N–H and O–H groups in total. The zero-order valence-corrected chi connectivity index (χ0v) is 7.66. The van der Waals surface area contributed by atoms with Crippen LogP contribution in [0.1, 0.15) is 16.8 Å². The Balaban J connectivity index is 2.60. The minimum absolute atomic E-state index is 0.0310. The fraction of sp³-hybridized carbons (Fsp3) is 0.200. The number of halogens is 1. The molecule has 1 amide bonds. The monoisotopic (exact) mass is 194 g/mol. The largest absolute Gasteiger partial charge is 0.352 e. The van der Waals surface area contributed by atoms with Gasteiger partial charge >= 0.3 is 0 Å². The minimum atomic E-state index is -0.747. The second-order valence-electron chi connectivity index (χ2n) is 2.68. The maximum absolute atomic E-state index is 13.0. The first-order valence-corrected chi connectivity index (χ1v) is 4.25. The summed E-state index contributed by atoms with van der Waals surface area (Å²) in [7, 11) is 0. The first-order valence-electron chi connectivity index (χ1n) is 4.25. The third kappa shape index (κ3) is 2.65. The third-order valence-electron chi connectivity index (χ3n) is 1.64. The molecule has 0 aliphatic carbocycles. The highest BCUT2D eigenvalue weighted by Crippen LogP contribution is 2.02. The Morgan fingerprint density at radius 1 is 1.71 bits per heavy atom. The lowest BCUT2D eigenvalue weighted by Crippen LogP contribution is -2.25. The van der Waals surface area contributed by atoms with E-state index in [-0.39, 0.29) is 5.56 Å². The van der Waals surface area contributed by atoms with E-state index >= 15 is 0 Å². The normalized spacial score (nSPS) is 9.50. The maximum Gasteiger partial charge on any atom is 0.255 e. The second-order valence-corrected chi connectivity index (χ2v) is 2.68. The second kappa shape index (κ2) is 5.11. The van der Waals surface area contributed by atoms with Crippen LogP contribution in [0.3, 0.4) is 0 Å². The first-order chi connectivity index (χ1) is 6.75. The minimum Gasteiger partial charge on any atom is -0.352 e. The summed E-state index contributed by atoms with van der Waals surface area (Å²) in [4.78, 5) is 14.7. The number of rotatable bonds is 4. The zero-order chi connectivity index (χ0) is 10.4. The quantitative estimate of drug-likeness (QED) is 0.448. The number of aromatic nitrogens is 1. The molecule has 0 spiro atoms. The molecule has 4 heteroatoms. The van der Waals surface area contributed by atoms with Crippen LogP contribution in [0, 0.1) is 5.95 Å². The van der Waals surface area contributed by atoms with Gasteiger partial charge in [0.1, 0.15) is 0 Å². The molecule has 0 aromatic carbocycles. The molecule has 1 heterocycles. The van der Waals surface area contributed by atoms with Crippen molar-refractivity contribution in [3.8, 4) is 0 Å². The summed E-state index contributed by atoms with van der Waals surface area (Å²) < 4.78 is 13.0. The SMILES string of the molecule is C=CCCNC(=O)c1cccnc1F. The van der Waals surface area contributed by atoms with Crippen molar-refractivity contribution >= 4 is 5.91 Å². The van der Waals surface area contributed by atoms with Gasteiger partial charge in [0.05, 0.1) is 5.56 Å². The summed E-state index contributed by atoms with van der Waals surface area (Å²) in [6, 6.07) is 2.91. The van der Waals surface area contributed by atoms with Gasteiger partial charge in [0.25, 0.3) is 5.91 Å².